The first-order chi connectivity index (χ1) is 11.1. The van der Waals surface area contributed by atoms with Gasteiger partial charge >= 0.3 is 5.97 Å². The van der Waals surface area contributed by atoms with Gasteiger partial charge in [0.1, 0.15) is 0 Å². The van der Waals surface area contributed by atoms with Crippen molar-refractivity contribution in [2.45, 2.75) is 58.5 Å². The summed E-state index contributed by atoms with van der Waals surface area (Å²) in [7, 11) is 0. The average Bonchev–Trinajstić information content (AvgIpc) is 2.51. The normalized spacial score (nSPS) is 14.5. The maximum atomic E-state index is 11.4. The number of benzene rings is 1. The SMILES string of the molecule is CC(C)OC(=O)CCCN=C(N)Nc1cccc2c1CCCC2. The molecule has 1 aromatic rings. The Kier molecular flexibility index (Phi) is 6.44. The van der Waals surface area contributed by atoms with Gasteiger partial charge in [0.2, 0.25) is 0 Å². The van der Waals surface area contributed by atoms with Gasteiger partial charge in [0.25, 0.3) is 0 Å². The van der Waals surface area contributed by atoms with E-state index in [4.69, 9.17) is 10.5 Å². The van der Waals surface area contributed by atoms with Crippen LogP contribution in [-0.2, 0) is 22.4 Å². The molecular formula is C18H27N3O2. The van der Waals surface area contributed by atoms with Crippen molar-refractivity contribution in [3.05, 3.63) is 29.3 Å². The van der Waals surface area contributed by atoms with Gasteiger partial charge in [0.15, 0.2) is 5.96 Å². The molecule has 5 nitrogen and oxygen atoms in total. The number of ether oxygens (including phenoxy) is 1. The Balaban J connectivity index is 1.82. The number of nitrogens with zero attached hydrogens (tertiary/aromatic N) is 1. The number of nitrogens with one attached hydrogen (secondary N) is 1. The number of hydrogen-bond donors (Lipinski definition) is 2. The summed E-state index contributed by atoms with van der Waals surface area (Å²) < 4.78 is 5.08. The second kappa shape index (κ2) is 8.56. The molecule has 0 spiro atoms. The number of anilines is 1. The number of carbonyl (C=O) groups excluding carboxylic acids is 1. The minimum atomic E-state index is -0.182. The van der Waals surface area contributed by atoms with Crippen molar-refractivity contribution in [3.63, 3.8) is 0 Å². The van der Waals surface area contributed by atoms with Crippen molar-refractivity contribution in [2.24, 2.45) is 10.7 Å². The summed E-state index contributed by atoms with van der Waals surface area (Å²) in [5.41, 5.74) is 9.78. The molecule has 0 saturated heterocycles. The molecule has 0 heterocycles. The molecule has 126 valence electrons. The van der Waals surface area contributed by atoms with Crippen molar-refractivity contribution in [3.8, 4) is 0 Å². The van der Waals surface area contributed by atoms with Crippen molar-refractivity contribution in [2.75, 3.05) is 11.9 Å². The highest BCUT2D eigenvalue weighted by Gasteiger charge is 2.13. The largest absolute Gasteiger partial charge is 0.463 e. The summed E-state index contributed by atoms with van der Waals surface area (Å²) in [4.78, 5) is 15.7. The van der Waals surface area contributed by atoms with E-state index in [1.165, 1.54) is 24.0 Å². The van der Waals surface area contributed by atoms with Gasteiger partial charge in [-0.2, -0.15) is 0 Å². The first-order valence-corrected chi connectivity index (χ1v) is 8.43. The summed E-state index contributed by atoms with van der Waals surface area (Å²) in [6.45, 7) is 4.21. The van der Waals surface area contributed by atoms with E-state index >= 15 is 0 Å². The molecule has 1 aromatic carbocycles. The van der Waals surface area contributed by atoms with Gasteiger partial charge < -0.3 is 15.8 Å². The first-order valence-electron chi connectivity index (χ1n) is 8.43. The summed E-state index contributed by atoms with van der Waals surface area (Å²) in [6.07, 6.45) is 5.65. The fourth-order valence-corrected chi connectivity index (χ4v) is 2.82. The van der Waals surface area contributed by atoms with Gasteiger partial charge in [-0.25, -0.2) is 0 Å². The van der Waals surface area contributed by atoms with Crippen LogP contribution in [0, 0.1) is 0 Å². The summed E-state index contributed by atoms with van der Waals surface area (Å²) in [5, 5.41) is 3.20. The Morgan fingerprint density at radius 1 is 1.35 bits per heavy atom. The molecule has 2 rings (SSSR count). The van der Waals surface area contributed by atoms with Crippen LogP contribution in [0.4, 0.5) is 5.69 Å². The maximum absolute atomic E-state index is 11.4. The molecule has 0 amide bonds. The first kappa shape index (κ1) is 17.3. The molecule has 0 bridgehead atoms. The smallest absolute Gasteiger partial charge is 0.306 e. The van der Waals surface area contributed by atoms with E-state index in [0.717, 1.165) is 18.5 Å². The second-order valence-electron chi connectivity index (χ2n) is 6.18. The van der Waals surface area contributed by atoms with Gasteiger partial charge in [-0.3, -0.25) is 9.79 Å². The number of esters is 1. The van der Waals surface area contributed by atoms with Gasteiger partial charge in [-0.15, -0.1) is 0 Å². The van der Waals surface area contributed by atoms with E-state index in [2.05, 4.69) is 22.4 Å². The van der Waals surface area contributed by atoms with Crippen LogP contribution in [0.5, 0.6) is 0 Å². The van der Waals surface area contributed by atoms with E-state index in [1.807, 2.05) is 19.9 Å². The highest BCUT2D eigenvalue weighted by molar-refractivity contribution is 5.93. The molecule has 0 saturated carbocycles. The topological polar surface area (TPSA) is 76.7 Å². The van der Waals surface area contributed by atoms with E-state index in [-0.39, 0.29) is 12.1 Å². The number of hydrogen-bond acceptors (Lipinski definition) is 3. The van der Waals surface area contributed by atoms with Gasteiger partial charge in [0, 0.05) is 18.7 Å². The number of rotatable bonds is 6. The number of aliphatic imine (C=N–C) groups is 1. The molecule has 0 unspecified atom stereocenters. The van der Waals surface area contributed by atoms with E-state index in [1.54, 1.807) is 0 Å². The molecular weight excluding hydrogens is 290 g/mol. The molecule has 1 aliphatic carbocycles. The third kappa shape index (κ3) is 5.58. The standard InChI is InChI=1S/C18H27N3O2/c1-13(2)23-17(22)11-6-12-20-18(19)21-16-10-5-8-14-7-3-4-9-15(14)16/h5,8,10,13H,3-4,6-7,9,11-12H2,1-2H3,(H3,19,20,21). The van der Waals surface area contributed by atoms with Crippen LogP contribution in [-0.4, -0.2) is 24.6 Å². The Labute approximate surface area is 138 Å². The molecule has 0 atom stereocenters. The Morgan fingerprint density at radius 3 is 2.91 bits per heavy atom. The molecule has 1 aliphatic rings. The molecule has 0 aliphatic heterocycles. The van der Waals surface area contributed by atoms with Crippen molar-refractivity contribution < 1.29 is 9.53 Å². The lowest BCUT2D eigenvalue weighted by Crippen LogP contribution is -2.24. The maximum Gasteiger partial charge on any atom is 0.306 e. The van der Waals surface area contributed by atoms with Gasteiger partial charge in [-0.05, 0) is 63.1 Å². The highest BCUT2D eigenvalue weighted by Crippen LogP contribution is 2.27. The number of fused-ring (bicyclic) bond motifs is 1. The minimum Gasteiger partial charge on any atom is -0.463 e. The Bertz CT molecular complexity index is 567. The zero-order chi connectivity index (χ0) is 16.7. The summed E-state index contributed by atoms with van der Waals surface area (Å²) in [5.74, 6) is 0.222. The molecule has 5 heteroatoms. The molecule has 0 fully saturated rings. The van der Waals surface area contributed by atoms with E-state index in [9.17, 15) is 4.79 Å². The van der Waals surface area contributed by atoms with Gasteiger partial charge in [-0.1, -0.05) is 12.1 Å². The third-order valence-electron chi connectivity index (χ3n) is 3.85. The lowest BCUT2D eigenvalue weighted by atomic mass is 9.90. The lowest BCUT2D eigenvalue weighted by molar-refractivity contribution is -0.147. The minimum absolute atomic E-state index is 0.0676. The number of carbonyl (C=O) groups is 1. The zero-order valence-electron chi connectivity index (χ0n) is 14.1. The lowest BCUT2D eigenvalue weighted by Gasteiger charge is -2.19. The van der Waals surface area contributed by atoms with Crippen LogP contribution < -0.4 is 11.1 Å². The quantitative estimate of drug-likeness (QED) is 0.366. The van der Waals surface area contributed by atoms with Crippen molar-refractivity contribution in [1.29, 1.82) is 0 Å². The molecule has 0 aromatic heterocycles. The van der Waals surface area contributed by atoms with Crippen LogP contribution in [0.25, 0.3) is 0 Å². The number of aryl methyl sites for hydroxylation is 1. The second-order valence-corrected chi connectivity index (χ2v) is 6.18. The van der Waals surface area contributed by atoms with E-state index in [0.29, 0.717) is 25.3 Å². The van der Waals surface area contributed by atoms with Crippen LogP contribution in [0.15, 0.2) is 23.2 Å². The fraction of sp³-hybridized carbons (Fsp3) is 0.556. The Hall–Kier alpha value is -2.04. The predicted molar refractivity (Wildman–Crippen MR) is 93.7 cm³/mol. The predicted octanol–water partition coefficient (Wildman–Crippen LogP) is 3.02. The van der Waals surface area contributed by atoms with Crippen molar-refractivity contribution in [1.82, 2.24) is 0 Å². The van der Waals surface area contributed by atoms with Crippen LogP contribution >= 0.6 is 0 Å². The summed E-state index contributed by atoms with van der Waals surface area (Å²) >= 11 is 0. The van der Waals surface area contributed by atoms with Crippen molar-refractivity contribution >= 4 is 17.6 Å². The van der Waals surface area contributed by atoms with Crippen LogP contribution in [0.2, 0.25) is 0 Å². The van der Waals surface area contributed by atoms with Crippen LogP contribution in [0.3, 0.4) is 0 Å². The molecule has 0 radical (unpaired) electrons. The Morgan fingerprint density at radius 2 is 2.13 bits per heavy atom. The number of nitrogens with two attached hydrogens (primary N) is 1. The monoisotopic (exact) mass is 317 g/mol. The van der Waals surface area contributed by atoms with Gasteiger partial charge in [0.05, 0.1) is 6.10 Å². The highest BCUT2D eigenvalue weighted by atomic mass is 16.5. The number of guanidine groups is 1. The fourth-order valence-electron chi connectivity index (χ4n) is 2.82. The van der Waals surface area contributed by atoms with Crippen LogP contribution in [0.1, 0.15) is 50.7 Å². The van der Waals surface area contributed by atoms with E-state index < -0.39 is 0 Å². The summed E-state index contributed by atoms with van der Waals surface area (Å²) in [6, 6.07) is 6.29. The third-order valence-corrected chi connectivity index (χ3v) is 3.85. The molecule has 23 heavy (non-hydrogen) atoms. The molecule has 3 N–H and O–H groups in total. The zero-order valence-corrected chi connectivity index (χ0v) is 14.1. The average molecular weight is 317 g/mol.